The summed E-state index contributed by atoms with van der Waals surface area (Å²) in [6.45, 7) is 0. The van der Waals surface area contributed by atoms with Crippen LogP contribution in [-0.4, -0.2) is 16.9 Å². The minimum atomic E-state index is -1.14. The van der Waals surface area contributed by atoms with Crippen LogP contribution in [0.3, 0.4) is 0 Å². The van der Waals surface area contributed by atoms with Gasteiger partial charge in [-0.3, -0.25) is 25.8 Å². The van der Waals surface area contributed by atoms with Crippen LogP contribution < -0.4 is 16.2 Å². The van der Waals surface area contributed by atoms with Crippen LogP contribution in [-0.2, 0) is 0 Å². The van der Waals surface area contributed by atoms with Gasteiger partial charge in [0.1, 0.15) is 0 Å². The molecule has 2 aromatic rings. The lowest BCUT2D eigenvalue weighted by atomic mass is 10.2. The second kappa shape index (κ2) is 8.11. The predicted molar refractivity (Wildman–Crippen MR) is 96.2 cm³/mol. The molecule has 3 N–H and O–H groups in total. The van der Waals surface area contributed by atoms with Gasteiger partial charge in [-0.15, -0.1) is 0 Å². The number of hydrogen-bond donors (Lipinski definition) is 3. The zero-order chi connectivity index (χ0) is 17.7. The van der Waals surface area contributed by atoms with E-state index in [1.807, 2.05) is 22.6 Å². The molecule has 124 valence electrons. The molecule has 0 aromatic heterocycles. The SMILES string of the molecule is O=C(NC(=S)NNC(=O)c1ccccc1I)c1ccc(F)c(F)c1. The largest absolute Gasteiger partial charge is 0.298 e. The third-order valence-electron chi connectivity index (χ3n) is 2.82. The van der Waals surface area contributed by atoms with Gasteiger partial charge in [0, 0.05) is 9.13 Å². The van der Waals surface area contributed by atoms with Crippen LogP contribution >= 0.6 is 34.8 Å². The highest BCUT2D eigenvalue weighted by molar-refractivity contribution is 14.1. The second-order valence-electron chi connectivity index (χ2n) is 4.47. The molecule has 0 unspecified atom stereocenters. The molecule has 0 aliphatic heterocycles. The predicted octanol–water partition coefficient (Wildman–Crippen LogP) is 2.52. The van der Waals surface area contributed by atoms with Crippen molar-refractivity contribution in [1.82, 2.24) is 16.2 Å². The molecule has 0 aliphatic carbocycles. The molecular weight excluding hydrogens is 451 g/mol. The van der Waals surface area contributed by atoms with E-state index in [4.69, 9.17) is 12.2 Å². The third-order valence-corrected chi connectivity index (χ3v) is 3.96. The lowest BCUT2D eigenvalue weighted by Crippen LogP contribution is -2.48. The fourth-order valence-electron chi connectivity index (χ4n) is 1.67. The molecule has 0 saturated carbocycles. The zero-order valence-corrected chi connectivity index (χ0v) is 14.9. The Morgan fingerprint density at radius 2 is 1.67 bits per heavy atom. The maximum atomic E-state index is 13.1. The quantitative estimate of drug-likeness (QED) is 0.366. The van der Waals surface area contributed by atoms with Crippen LogP contribution in [0.2, 0.25) is 0 Å². The van der Waals surface area contributed by atoms with Crippen LogP contribution in [0.25, 0.3) is 0 Å². The van der Waals surface area contributed by atoms with E-state index in [1.54, 1.807) is 24.3 Å². The molecule has 5 nitrogen and oxygen atoms in total. The molecule has 0 fully saturated rings. The first-order chi connectivity index (χ1) is 11.4. The van der Waals surface area contributed by atoms with Crippen LogP contribution in [0.5, 0.6) is 0 Å². The molecular formula is C15H10F2IN3O2S. The first-order valence-corrected chi connectivity index (χ1v) is 7.98. The number of amides is 2. The van der Waals surface area contributed by atoms with E-state index in [0.717, 1.165) is 21.8 Å². The molecule has 0 radical (unpaired) electrons. The molecule has 2 amide bonds. The maximum Gasteiger partial charge on any atom is 0.270 e. The van der Waals surface area contributed by atoms with Crippen LogP contribution in [0.15, 0.2) is 42.5 Å². The topological polar surface area (TPSA) is 70.2 Å². The van der Waals surface area contributed by atoms with E-state index in [2.05, 4.69) is 16.2 Å². The van der Waals surface area contributed by atoms with Gasteiger partial charge in [0.2, 0.25) is 0 Å². The lowest BCUT2D eigenvalue weighted by Gasteiger charge is -2.11. The molecule has 2 aromatic carbocycles. The Bertz CT molecular complexity index is 817. The van der Waals surface area contributed by atoms with E-state index in [-0.39, 0.29) is 10.7 Å². The van der Waals surface area contributed by atoms with Crippen molar-refractivity contribution in [2.24, 2.45) is 0 Å². The van der Waals surface area contributed by atoms with Gasteiger partial charge in [0.15, 0.2) is 16.7 Å². The van der Waals surface area contributed by atoms with Crippen molar-refractivity contribution in [3.05, 3.63) is 68.8 Å². The highest BCUT2D eigenvalue weighted by Crippen LogP contribution is 2.10. The van der Waals surface area contributed by atoms with E-state index in [1.165, 1.54) is 0 Å². The Kier molecular flexibility index (Phi) is 6.15. The summed E-state index contributed by atoms with van der Waals surface area (Å²) in [5, 5.41) is 2.05. The number of benzene rings is 2. The van der Waals surface area contributed by atoms with Crippen molar-refractivity contribution >= 4 is 51.7 Å². The van der Waals surface area contributed by atoms with Crippen molar-refractivity contribution in [2.45, 2.75) is 0 Å². The molecule has 0 heterocycles. The lowest BCUT2D eigenvalue weighted by molar-refractivity contribution is 0.0934. The van der Waals surface area contributed by atoms with E-state index in [0.29, 0.717) is 5.56 Å². The maximum absolute atomic E-state index is 13.1. The second-order valence-corrected chi connectivity index (χ2v) is 6.04. The fraction of sp³-hybridized carbons (Fsp3) is 0. The van der Waals surface area contributed by atoms with Crippen molar-refractivity contribution < 1.29 is 18.4 Å². The summed E-state index contributed by atoms with van der Waals surface area (Å²) in [6, 6.07) is 9.58. The number of carbonyl (C=O) groups is 2. The van der Waals surface area contributed by atoms with Crippen LogP contribution in [0, 0.1) is 15.2 Å². The minimum absolute atomic E-state index is 0.109. The van der Waals surface area contributed by atoms with E-state index < -0.39 is 23.4 Å². The molecule has 9 heteroatoms. The summed E-state index contributed by atoms with van der Waals surface area (Å²) in [6.07, 6.45) is 0. The summed E-state index contributed by atoms with van der Waals surface area (Å²) in [7, 11) is 0. The van der Waals surface area contributed by atoms with Crippen molar-refractivity contribution in [3.8, 4) is 0 Å². The molecule has 0 aliphatic rings. The molecule has 0 atom stereocenters. The number of halogens is 3. The summed E-state index contributed by atoms with van der Waals surface area (Å²) in [5.41, 5.74) is 5.02. The van der Waals surface area contributed by atoms with Crippen LogP contribution in [0.4, 0.5) is 8.78 Å². The first-order valence-electron chi connectivity index (χ1n) is 6.49. The molecule has 24 heavy (non-hydrogen) atoms. The summed E-state index contributed by atoms with van der Waals surface area (Å²) >= 11 is 6.87. The van der Waals surface area contributed by atoms with E-state index >= 15 is 0 Å². The molecule has 0 saturated heterocycles. The molecule has 0 bridgehead atoms. The van der Waals surface area contributed by atoms with Gasteiger partial charge in [-0.2, -0.15) is 0 Å². The average Bonchev–Trinajstić information content (AvgIpc) is 2.55. The van der Waals surface area contributed by atoms with E-state index in [9.17, 15) is 18.4 Å². The highest BCUT2D eigenvalue weighted by atomic mass is 127. The summed E-state index contributed by atoms with van der Waals surface area (Å²) in [4.78, 5) is 23.8. The number of rotatable bonds is 2. The Morgan fingerprint density at radius 3 is 2.33 bits per heavy atom. The van der Waals surface area contributed by atoms with Crippen molar-refractivity contribution in [2.75, 3.05) is 0 Å². The summed E-state index contributed by atoms with van der Waals surface area (Å²) < 4.78 is 26.7. The van der Waals surface area contributed by atoms with Gasteiger partial charge in [0.25, 0.3) is 11.8 Å². The van der Waals surface area contributed by atoms with Crippen LogP contribution in [0.1, 0.15) is 20.7 Å². The number of carbonyl (C=O) groups excluding carboxylic acids is 2. The summed E-state index contributed by atoms with van der Waals surface area (Å²) in [5.74, 6) is -3.38. The van der Waals surface area contributed by atoms with Crippen molar-refractivity contribution in [1.29, 1.82) is 0 Å². The van der Waals surface area contributed by atoms with Crippen molar-refractivity contribution in [3.63, 3.8) is 0 Å². The number of nitrogens with one attached hydrogen (secondary N) is 3. The van der Waals surface area contributed by atoms with Gasteiger partial charge in [0.05, 0.1) is 5.56 Å². The van der Waals surface area contributed by atoms with Gasteiger partial charge < -0.3 is 0 Å². The Balaban J connectivity index is 1.91. The first kappa shape index (κ1) is 18.2. The minimum Gasteiger partial charge on any atom is -0.298 e. The van der Waals surface area contributed by atoms with Gasteiger partial charge in [-0.05, 0) is 65.1 Å². The van der Waals surface area contributed by atoms with Gasteiger partial charge in [-0.25, -0.2) is 8.78 Å². The smallest absolute Gasteiger partial charge is 0.270 e. The van der Waals surface area contributed by atoms with Gasteiger partial charge >= 0.3 is 0 Å². The normalized spacial score (nSPS) is 9.96. The third kappa shape index (κ3) is 4.68. The standard InChI is InChI=1S/C15H10F2IN3O2S/c16-10-6-5-8(7-11(10)17)13(22)19-15(24)21-20-14(23)9-3-1-2-4-12(9)18/h1-7H,(H,20,23)(H2,19,21,22,24). The number of hydrazine groups is 1. The zero-order valence-electron chi connectivity index (χ0n) is 11.9. The Hall–Kier alpha value is -2.14. The van der Waals surface area contributed by atoms with Gasteiger partial charge in [-0.1, -0.05) is 12.1 Å². The average molecular weight is 461 g/mol. The molecule has 2 rings (SSSR count). The Morgan fingerprint density at radius 1 is 0.958 bits per heavy atom. The Labute approximate surface area is 154 Å². The highest BCUT2D eigenvalue weighted by Gasteiger charge is 2.12. The fourth-order valence-corrected chi connectivity index (χ4v) is 2.45. The number of thiocarbonyl (C=S) groups is 1. The molecule has 0 spiro atoms. The number of hydrogen-bond acceptors (Lipinski definition) is 3. The monoisotopic (exact) mass is 461 g/mol.